The van der Waals surface area contributed by atoms with Crippen LogP contribution in [0.4, 0.5) is 5.69 Å². The fraction of sp³-hybridized carbons (Fsp3) is 0.423. The lowest BCUT2D eigenvalue weighted by molar-refractivity contribution is -0.128. The molecule has 3 heterocycles. The molecular weight excluding hydrogens is 464 g/mol. The molecule has 1 saturated carbocycles. The van der Waals surface area contributed by atoms with Crippen LogP contribution >= 0.6 is 11.6 Å². The molecule has 1 amide bonds. The van der Waals surface area contributed by atoms with Gasteiger partial charge in [-0.2, -0.15) is 0 Å². The Balaban J connectivity index is 1.29. The Morgan fingerprint density at radius 2 is 2.06 bits per heavy atom. The van der Waals surface area contributed by atoms with Gasteiger partial charge in [-0.1, -0.05) is 48.0 Å². The molecule has 2 fully saturated rings. The van der Waals surface area contributed by atoms with E-state index < -0.39 is 5.41 Å². The Bertz CT molecular complexity index is 1300. The van der Waals surface area contributed by atoms with Gasteiger partial charge in [0.15, 0.2) is 5.65 Å². The molecule has 9 heteroatoms. The highest BCUT2D eigenvalue weighted by Gasteiger charge is 2.57. The zero-order valence-corrected chi connectivity index (χ0v) is 20.4. The largest absolute Gasteiger partial charge is 0.379 e. The number of rotatable bonds is 6. The SMILES string of the molecule is C[C@@]1(C(N)=O)[C@@H]2C=C[C@@H](C2)[C@H]1Nc1c(Cl)cnc2nc(-c3ccc(CN4CCOCC4)cc3)[nH]c12. The van der Waals surface area contributed by atoms with Crippen LogP contribution in [-0.2, 0) is 16.1 Å². The first kappa shape index (κ1) is 22.5. The van der Waals surface area contributed by atoms with Gasteiger partial charge in [0, 0.05) is 31.2 Å². The number of halogens is 1. The van der Waals surface area contributed by atoms with Crippen molar-refractivity contribution in [1.29, 1.82) is 0 Å². The van der Waals surface area contributed by atoms with Gasteiger partial charge in [0.25, 0.3) is 0 Å². The summed E-state index contributed by atoms with van der Waals surface area (Å²) in [5.74, 6) is 0.780. The van der Waals surface area contributed by atoms with Crippen molar-refractivity contribution in [1.82, 2.24) is 19.9 Å². The summed E-state index contributed by atoms with van der Waals surface area (Å²) in [5, 5.41) is 4.04. The number of allylic oxidation sites excluding steroid dienone is 1. The number of anilines is 1. The number of nitrogens with two attached hydrogens (primary N) is 1. The summed E-state index contributed by atoms with van der Waals surface area (Å²) in [7, 11) is 0. The molecular formula is C26H29ClN6O2. The van der Waals surface area contributed by atoms with Gasteiger partial charge in [0.05, 0.1) is 35.5 Å². The van der Waals surface area contributed by atoms with Crippen LogP contribution in [0, 0.1) is 17.3 Å². The lowest BCUT2D eigenvalue weighted by Crippen LogP contribution is -2.50. The summed E-state index contributed by atoms with van der Waals surface area (Å²) in [6, 6.07) is 8.28. The number of carbonyl (C=O) groups is 1. The number of benzene rings is 1. The second-order valence-corrected chi connectivity index (χ2v) is 10.4. The molecule has 1 aliphatic heterocycles. The molecule has 0 unspecified atom stereocenters. The minimum atomic E-state index is -0.683. The molecule has 2 aromatic heterocycles. The number of aromatic nitrogens is 3. The third-order valence-electron chi connectivity index (χ3n) is 8.00. The van der Waals surface area contributed by atoms with Crippen LogP contribution in [0.1, 0.15) is 18.9 Å². The van der Waals surface area contributed by atoms with E-state index in [0.29, 0.717) is 16.4 Å². The number of hydrogen-bond donors (Lipinski definition) is 3. The Morgan fingerprint density at radius 3 is 2.80 bits per heavy atom. The highest BCUT2D eigenvalue weighted by molar-refractivity contribution is 6.34. The number of nitrogens with zero attached hydrogens (tertiary/aromatic N) is 3. The van der Waals surface area contributed by atoms with E-state index in [4.69, 9.17) is 27.1 Å². The third kappa shape index (κ3) is 3.80. The van der Waals surface area contributed by atoms with E-state index in [-0.39, 0.29) is 23.8 Å². The van der Waals surface area contributed by atoms with Crippen molar-refractivity contribution >= 4 is 34.4 Å². The maximum Gasteiger partial charge on any atom is 0.226 e. The number of imidazole rings is 1. The highest BCUT2D eigenvalue weighted by atomic mass is 35.5. The summed E-state index contributed by atoms with van der Waals surface area (Å²) in [6.07, 6.45) is 6.81. The normalized spacial score (nSPS) is 28.1. The molecule has 4 N–H and O–H groups in total. The average Bonchev–Trinajstić information content (AvgIpc) is 3.57. The van der Waals surface area contributed by atoms with Crippen LogP contribution in [0.5, 0.6) is 0 Å². The van der Waals surface area contributed by atoms with Crippen molar-refractivity contribution in [3.8, 4) is 11.4 Å². The van der Waals surface area contributed by atoms with Crippen molar-refractivity contribution in [3.63, 3.8) is 0 Å². The van der Waals surface area contributed by atoms with E-state index >= 15 is 0 Å². The summed E-state index contributed by atoms with van der Waals surface area (Å²) < 4.78 is 5.44. The number of primary amides is 1. The standard InChI is InChI=1S/C26H29ClN6O2/c1-26(25(28)34)18-7-6-17(12-18)22(26)30-20-19(27)13-29-24-21(20)31-23(32-24)16-4-2-15(3-5-16)14-33-8-10-35-11-9-33/h2-7,13,17-18,22H,8-12,14H2,1H3,(H2,28,34)(H2,29,30,31,32)/t17-,18+,22+,26+/m0/s1. The van der Waals surface area contributed by atoms with Crippen LogP contribution in [0.15, 0.2) is 42.6 Å². The number of carbonyl (C=O) groups excluding carboxylic acids is 1. The van der Waals surface area contributed by atoms with Crippen molar-refractivity contribution in [2.75, 3.05) is 31.6 Å². The molecule has 0 radical (unpaired) electrons. The molecule has 4 atom stereocenters. The van der Waals surface area contributed by atoms with Crippen LogP contribution in [0.2, 0.25) is 5.02 Å². The first-order chi connectivity index (χ1) is 16.9. The molecule has 182 valence electrons. The lowest BCUT2D eigenvalue weighted by Gasteiger charge is -2.37. The fourth-order valence-electron chi connectivity index (χ4n) is 5.84. The summed E-state index contributed by atoms with van der Waals surface area (Å²) in [4.78, 5) is 27.5. The molecule has 3 aromatic rings. The Kier molecular flexibility index (Phi) is 5.55. The third-order valence-corrected chi connectivity index (χ3v) is 8.29. The molecule has 3 aliphatic rings. The number of amides is 1. The topological polar surface area (TPSA) is 109 Å². The van der Waals surface area contributed by atoms with Crippen molar-refractivity contribution in [3.05, 3.63) is 53.2 Å². The molecule has 8 nitrogen and oxygen atoms in total. The maximum absolute atomic E-state index is 12.5. The molecule has 35 heavy (non-hydrogen) atoms. The minimum absolute atomic E-state index is 0.131. The first-order valence-corrected chi connectivity index (χ1v) is 12.5. The molecule has 2 aliphatic carbocycles. The quantitative estimate of drug-likeness (QED) is 0.454. The van der Waals surface area contributed by atoms with E-state index in [1.54, 1.807) is 6.20 Å². The number of nitrogens with one attached hydrogen (secondary N) is 2. The van der Waals surface area contributed by atoms with Crippen molar-refractivity contribution in [2.45, 2.75) is 25.9 Å². The van der Waals surface area contributed by atoms with E-state index in [2.05, 4.69) is 56.6 Å². The van der Waals surface area contributed by atoms with Crippen LogP contribution < -0.4 is 11.1 Å². The average molecular weight is 493 g/mol. The molecule has 1 saturated heterocycles. The Labute approximate surface area is 208 Å². The van der Waals surface area contributed by atoms with Gasteiger partial charge in [-0.3, -0.25) is 9.69 Å². The number of ether oxygens (including phenoxy) is 1. The van der Waals surface area contributed by atoms with E-state index in [1.807, 2.05) is 6.92 Å². The van der Waals surface area contributed by atoms with Gasteiger partial charge >= 0.3 is 0 Å². The van der Waals surface area contributed by atoms with Crippen LogP contribution in [0.25, 0.3) is 22.6 Å². The number of pyridine rings is 1. The first-order valence-electron chi connectivity index (χ1n) is 12.1. The van der Waals surface area contributed by atoms with Crippen LogP contribution in [0.3, 0.4) is 0 Å². The zero-order chi connectivity index (χ0) is 24.2. The number of fused-ring (bicyclic) bond motifs is 3. The maximum atomic E-state index is 12.5. The summed E-state index contributed by atoms with van der Waals surface area (Å²) >= 11 is 6.60. The predicted molar refractivity (Wildman–Crippen MR) is 136 cm³/mol. The minimum Gasteiger partial charge on any atom is -0.379 e. The van der Waals surface area contributed by atoms with Gasteiger partial charge in [-0.05, 0) is 30.7 Å². The van der Waals surface area contributed by atoms with Crippen molar-refractivity contribution < 1.29 is 9.53 Å². The molecule has 1 aromatic carbocycles. The Morgan fingerprint density at radius 1 is 1.29 bits per heavy atom. The molecule has 6 rings (SSSR count). The molecule has 2 bridgehead atoms. The number of morpholine rings is 1. The van der Waals surface area contributed by atoms with E-state index in [0.717, 1.165) is 56.2 Å². The van der Waals surface area contributed by atoms with Gasteiger partial charge in [-0.15, -0.1) is 0 Å². The lowest BCUT2D eigenvalue weighted by atomic mass is 9.73. The number of aromatic amines is 1. The van der Waals surface area contributed by atoms with Crippen molar-refractivity contribution in [2.24, 2.45) is 23.0 Å². The summed E-state index contributed by atoms with van der Waals surface area (Å²) in [6.45, 7) is 6.36. The highest BCUT2D eigenvalue weighted by Crippen LogP contribution is 2.53. The number of hydrogen-bond acceptors (Lipinski definition) is 6. The smallest absolute Gasteiger partial charge is 0.226 e. The fourth-order valence-corrected chi connectivity index (χ4v) is 6.04. The van der Waals surface area contributed by atoms with Gasteiger partial charge in [0.1, 0.15) is 11.3 Å². The van der Waals surface area contributed by atoms with Gasteiger partial charge < -0.3 is 20.8 Å². The second kappa shape index (κ2) is 8.62. The van der Waals surface area contributed by atoms with E-state index in [1.165, 1.54) is 5.56 Å². The monoisotopic (exact) mass is 492 g/mol. The predicted octanol–water partition coefficient (Wildman–Crippen LogP) is 3.59. The Hall–Kier alpha value is -2.94. The van der Waals surface area contributed by atoms with Gasteiger partial charge in [0.2, 0.25) is 5.91 Å². The second-order valence-electron chi connectivity index (χ2n) is 10.0. The zero-order valence-electron chi connectivity index (χ0n) is 19.6. The number of H-pyrrole nitrogens is 1. The summed E-state index contributed by atoms with van der Waals surface area (Å²) in [5.41, 5.74) is 9.43. The van der Waals surface area contributed by atoms with Crippen LogP contribution in [-0.4, -0.2) is 58.1 Å². The van der Waals surface area contributed by atoms with Gasteiger partial charge in [-0.25, -0.2) is 9.97 Å². The van der Waals surface area contributed by atoms with E-state index in [9.17, 15) is 4.79 Å². The molecule has 0 spiro atoms.